The van der Waals surface area contributed by atoms with E-state index in [9.17, 15) is 26.4 Å². The summed E-state index contributed by atoms with van der Waals surface area (Å²) in [5, 5.41) is 3.46. The standard InChI is InChI=1S/C7H7F3N2O5S/c1-16-3-2-12-6(18(11,14)15)5(4(3)13)17-7(8,9)10/h2H,1H3,(H,12,13)(H2,11,14,15). The molecular weight excluding hydrogens is 281 g/mol. The van der Waals surface area contributed by atoms with Crippen molar-refractivity contribution in [3.63, 3.8) is 0 Å². The molecule has 1 aromatic rings. The van der Waals surface area contributed by atoms with Gasteiger partial charge in [0.25, 0.3) is 15.5 Å². The summed E-state index contributed by atoms with van der Waals surface area (Å²) in [5.41, 5.74) is -1.39. The zero-order valence-electron chi connectivity index (χ0n) is 8.74. The van der Waals surface area contributed by atoms with Crippen molar-refractivity contribution in [2.45, 2.75) is 11.4 Å². The van der Waals surface area contributed by atoms with Crippen LogP contribution in [-0.4, -0.2) is 26.9 Å². The number of alkyl halides is 3. The van der Waals surface area contributed by atoms with Crippen LogP contribution in [0.4, 0.5) is 13.2 Å². The number of halogens is 3. The van der Waals surface area contributed by atoms with Crippen molar-refractivity contribution in [1.82, 2.24) is 4.98 Å². The molecule has 0 aliphatic heterocycles. The number of primary sulfonamides is 1. The van der Waals surface area contributed by atoms with Gasteiger partial charge in [0, 0.05) is 6.20 Å². The third-order valence-corrected chi connectivity index (χ3v) is 2.57. The molecule has 18 heavy (non-hydrogen) atoms. The summed E-state index contributed by atoms with van der Waals surface area (Å²) < 4.78 is 66.0. The first-order chi connectivity index (χ1) is 8.06. The van der Waals surface area contributed by atoms with Crippen molar-refractivity contribution < 1.29 is 31.1 Å². The van der Waals surface area contributed by atoms with Crippen LogP contribution in [0.3, 0.4) is 0 Å². The van der Waals surface area contributed by atoms with Gasteiger partial charge >= 0.3 is 6.36 Å². The fraction of sp³-hybridized carbons (Fsp3) is 0.286. The largest absolute Gasteiger partial charge is 0.573 e. The highest BCUT2D eigenvalue weighted by Gasteiger charge is 2.36. The summed E-state index contributed by atoms with van der Waals surface area (Å²) in [6.45, 7) is 0. The second-order valence-corrected chi connectivity index (χ2v) is 4.44. The summed E-state index contributed by atoms with van der Waals surface area (Å²) in [4.78, 5) is 13.4. The van der Waals surface area contributed by atoms with Crippen molar-refractivity contribution in [2.75, 3.05) is 7.11 Å². The molecule has 0 radical (unpaired) electrons. The molecule has 1 rings (SSSR count). The minimum Gasteiger partial charge on any atom is -0.491 e. The molecule has 0 aromatic carbocycles. The molecule has 0 spiro atoms. The van der Waals surface area contributed by atoms with Crippen LogP contribution in [0.15, 0.2) is 16.0 Å². The minimum absolute atomic E-state index is 0.554. The Labute approximate surface area is 98.4 Å². The summed E-state index contributed by atoms with van der Waals surface area (Å²) in [6, 6.07) is 0. The lowest BCUT2D eigenvalue weighted by Gasteiger charge is -2.12. The van der Waals surface area contributed by atoms with E-state index in [2.05, 4.69) is 14.6 Å². The van der Waals surface area contributed by atoms with Gasteiger partial charge in [-0.3, -0.25) is 4.79 Å². The maximum atomic E-state index is 12.1. The van der Waals surface area contributed by atoms with Gasteiger partial charge in [-0.05, 0) is 0 Å². The highest BCUT2D eigenvalue weighted by atomic mass is 32.2. The Morgan fingerprint density at radius 2 is 1.94 bits per heavy atom. The molecule has 0 aliphatic carbocycles. The number of ether oxygens (including phenoxy) is 2. The predicted octanol–water partition coefficient (Wildman–Crippen LogP) is -0.0705. The van der Waals surface area contributed by atoms with Crippen LogP contribution in [-0.2, 0) is 10.0 Å². The lowest BCUT2D eigenvalue weighted by Crippen LogP contribution is -2.27. The number of hydrogen-bond acceptors (Lipinski definition) is 5. The maximum Gasteiger partial charge on any atom is 0.573 e. The molecule has 11 heteroatoms. The monoisotopic (exact) mass is 288 g/mol. The Bertz CT molecular complexity index is 606. The van der Waals surface area contributed by atoms with Gasteiger partial charge in [-0.2, -0.15) is 0 Å². The van der Waals surface area contributed by atoms with Crippen molar-refractivity contribution in [3.05, 3.63) is 16.4 Å². The van der Waals surface area contributed by atoms with E-state index in [4.69, 9.17) is 0 Å². The van der Waals surface area contributed by atoms with Crippen molar-refractivity contribution >= 4 is 10.0 Å². The molecular formula is C7H7F3N2O5S. The molecule has 0 unspecified atom stereocenters. The molecule has 0 amide bonds. The maximum absolute atomic E-state index is 12.1. The second kappa shape index (κ2) is 4.49. The first-order valence-corrected chi connectivity index (χ1v) is 5.69. The highest BCUT2D eigenvalue weighted by Crippen LogP contribution is 2.25. The molecule has 0 saturated carbocycles. The number of nitrogens with two attached hydrogens (primary N) is 1. The van der Waals surface area contributed by atoms with Crippen LogP contribution >= 0.6 is 0 Å². The number of H-pyrrole nitrogens is 1. The normalized spacial score (nSPS) is 12.3. The van der Waals surface area contributed by atoms with Gasteiger partial charge in [0.15, 0.2) is 10.8 Å². The van der Waals surface area contributed by atoms with Gasteiger partial charge in [-0.1, -0.05) is 0 Å². The molecule has 0 atom stereocenters. The summed E-state index contributed by atoms with van der Waals surface area (Å²) in [5.74, 6) is -2.05. The molecule has 0 aliphatic rings. The Balaban J connectivity index is 3.56. The van der Waals surface area contributed by atoms with E-state index >= 15 is 0 Å². The zero-order chi connectivity index (χ0) is 14.1. The first-order valence-electron chi connectivity index (χ1n) is 4.14. The number of pyridine rings is 1. The van der Waals surface area contributed by atoms with Crippen LogP contribution in [0, 0.1) is 0 Å². The first kappa shape index (κ1) is 14.3. The average Bonchev–Trinajstić information content (AvgIpc) is 2.17. The minimum atomic E-state index is -5.25. The van der Waals surface area contributed by atoms with Crippen LogP contribution in [0.2, 0.25) is 0 Å². The topological polar surface area (TPSA) is 111 Å². The van der Waals surface area contributed by atoms with E-state index in [-0.39, 0.29) is 0 Å². The fourth-order valence-electron chi connectivity index (χ4n) is 1.05. The van der Waals surface area contributed by atoms with Crippen LogP contribution in [0.1, 0.15) is 0 Å². The number of methoxy groups -OCH3 is 1. The molecule has 1 heterocycles. The molecule has 0 bridgehead atoms. The van der Waals surface area contributed by atoms with Crippen LogP contribution in [0.25, 0.3) is 0 Å². The van der Waals surface area contributed by atoms with Gasteiger partial charge in [0.2, 0.25) is 5.75 Å². The van der Waals surface area contributed by atoms with Crippen molar-refractivity contribution in [1.29, 1.82) is 0 Å². The van der Waals surface area contributed by atoms with Crippen molar-refractivity contribution in [3.8, 4) is 11.5 Å². The van der Waals surface area contributed by atoms with Crippen LogP contribution < -0.4 is 20.0 Å². The Morgan fingerprint density at radius 1 is 1.39 bits per heavy atom. The number of aromatic nitrogens is 1. The molecule has 0 fully saturated rings. The van der Waals surface area contributed by atoms with Gasteiger partial charge < -0.3 is 14.5 Å². The third-order valence-electron chi connectivity index (χ3n) is 1.69. The number of nitrogens with one attached hydrogen (secondary N) is 1. The van der Waals surface area contributed by atoms with Gasteiger partial charge in [0.1, 0.15) is 0 Å². The third kappa shape index (κ3) is 3.13. The zero-order valence-corrected chi connectivity index (χ0v) is 9.55. The summed E-state index contributed by atoms with van der Waals surface area (Å²) >= 11 is 0. The number of sulfonamides is 1. The van der Waals surface area contributed by atoms with E-state index in [1.54, 1.807) is 0 Å². The Kier molecular flexibility index (Phi) is 3.57. The molecule has 0 saturated heterocycles. The SMILES string of the molecule is COc1c[nH]c(S(N)(=O)=O)c(OC(F)(F)F)c1=O. The van der Waals surface area contributed by atoms with Crippen LogP contribution in [0.5, 0.6) is 11.5 Å². The van der Waals surface area contributed by atoms with Crippen molar-refractivity contribution in [2.24, 2.45) is 5.14 Å². The number of aromatic amines is 1. The number of rotatable bonds is 3. The summed E-state index contributed by atoms with van der Waals surface area (Å²) in [6.07, 6.45) is -4.50. The number of hydrogen-bond donors (Lipinski definition) is 2. The van der Waals surface area contributed by atoms with E-state index in [0.29, 0.717) is 0 Å². The van der Waals surface area contributed by atoms with E-state index < -0.39 is 38.3 Å². The summed E-state index contributed by atoms with van der Waals surface area (Å²) in [7, 11) is -3.58. The lowest BCUT2D eigenvalue weighted by molar-refractivity contribution is -0.276. The predicted molar refractivity (Wildman–Crippen MR) is 51.7 cm³/mol. The molecule has 102 valence electrons. The molecule has 1 aromatic heterocycles. The van der Waals surface area contributed by atoms with Gasteiger partial charge in [0.05, 0.1) is 7.11 Å². The Morgan fingerprint density at radius 3 is 2.33 bits per heavy atom. The second-order valence-electron chi connectivity index (χ2n) is 2.94. The molecule has 7 nitrogen and oxygen atoms in total. The smallest absolute Gasteiger partial charge is 0.491 e. The van der Waals surface area contributed by atoms with E-state index in [1.165, 1.54) is 0 Å². The lowest BCUT2D eigenvalue weighted by atomic mass is 10.4. The fourth-order valence-corrected chi connectivity index (χ4v) is 1.66. The average molecular weight is 288 g/mol. The Hall–Kier alpha value is -1.75. The van der Waals surface area contributed by atoms with E-state index in [0.717, 1.165) is 13.3 Å². The van der Waals surface area contributed by atoms with E-state index in [1.807, 2.05) is 4.98 Å². The quantitative estimate of drug-likeness (QED) is 0.808. The highest BCUT2D eigenvalue weighted by molar-refractivity contribution is 7.89. The van der Waals surface area contributed by atoms with Gasteiger partial charge in [-0.25, -0.2) is 13.6 Å². The molecule has 3 N–H and O–H groups in total. The van der Waals surface area contributed by atoms with Gasteiger partial charge in [-0.15, -0.1) is 13.2 Å².